The number of nitrogens with two attached hydrogens (primary N) is 1. The second-order valence-corrected chi connectivity index (χ2v) is 5.32. The van der Waals surface area contributed by atoms with Gasteiger partial charge in [0.15, 0.2) is 0 Å². The average Bonchev–Trinajstić information content (AvgIpc) is 2.54. The Morgan fingerprint density at radius 3 is 3.06 bits per heavy atom. The van der Waals surface area contributed by atoms with E-state index >= 15 is 0 Å². The standard InChI is InChI=1S/C13H19BrN2O/c1-10-9-16(5-2-6-17-10)12-4-3-11(8-15)13(14)7-12/h3-4,7,10H,2,5-6,8-9,15H2,1H3. The van der Waals surface area contributed by atoms with E-state index in [-0.39, 0.29) is 0 Å². The first-order valence-electron chi connectivity index (χ1n) is 6.05. The molecule has 1 fully saturated rings. The van der Waals surface area contributed by atoms with Crippen LogP contribution in [-0.4, -0.2) is 25.8 Å². The van der Waals surface area contributed by atoms with Crippen LogP contribution in [0.5, 0.6) is 0 Å². The Labute approximate surface area is 111 Å². The summed E-state index contributed by atoms with van der Waals surface area (Å²) < 4.78 is 6.75. The van der Waals surface area contributed by atoms with E-state index in [1.807, 2.05) is 0 Å². The van der Waals surface area contributed by atoms with Gasteiger partial charge in [-0.05, 0) is 31.0 Å². The first kappa shape index (κ1) is 12.9. The third-order valence-electron chi connectivity index (χ3n) is 3.07. The first-order chi connectivity index (χ1) is 8.20. The molecular weight excluding hydrogens is 280 g/mol. The lowest BCUT2D eigenvalue weighted by Gasteiger charge is -2.25. The van der Waals surface area contributed by atoms with E-state index in [9.17, 15) is 0 Å². The van der Waals surface area contributed by atoms with Gasteiger partial charge in [-0.25, -0.2) is 0 Å². The van der Waals surface area contributed by atoms with Crippen LogP contribution in [0.1, 0.15) is 18.9 Å². The molecule has 1 saturated heterocycles. The molecule has 1 aliphatic rings. The number of rotatable bonds is 2. The van der Waals surface area contributed by atoms with Crippen molar-refractivity contribution in [2.75, 3.05) is 24.6 Å². The molecule has 2 N–H and O–H groups in total. The van der Waals surface area contributed by atoms with E-state index in [1.54, 1.807) is 0 Å². The van der Waals surface area contributed by atoms with Crippen molar-refractivity contribution in [3.63, 3.8) is 0 Å². The lowest BCUT2D eigenvalue weighted by Crippen LogP contribution is -2.30. The lowest BCUT2D eigenvalue weighted by molar-refractivity contribution is 0.0821. The molecule has 4 heteroatoms. The van der Waals surface area contributed by atoms with E-state index in [0.29, 0.717) is 12.6 Å². The zero-order valence-corrected chi connectivity index (χ0v) is 11.7. The summed E-state index contributed by atoms with van der Waals surface area (Å²) in [5.41, 5.74) is 8.05. The molecule has 1 unspecified atom stereocenters. The van der Waals surface area contributed by atoms with Gasteiger partial charge in [0.05, 0.1) is 6.10 Å². The van der Waals surface area contributed by atoms with Crippen LogP contribution in [0.4, 0.5) is 5.69 Å². The van der Waals surface area contributed by atoms with Gasteiger partial charge in [-0.3, -0.25) is 0 Å². The molecule has 1 atom stereocenters. The SMILES string of the molecule is CC1CN(c2ccc(CN)c(Br)c2)CCCO1. The summed E-state index contributed by atoms with van der Waals surface area (Å²) in [4.78, 5) is 2.38. The van der Waals surface area contributed by atoms with Crippen molar-refractivity contribution in [3.05, 3.63) is 28.2 Å². The highest BCUT2D eigenvalue weighted by atomic mass is 79.9. The van der Waals surface area contributed by atoms with Crippen LogP contribution in [0.2, 0.25) is 0 Å². The van der Waals surface area contributed by atoms with Gasteiger partial charge >= 0.3 is 0 Å². The van der Waals surface area contributed by atoms with E-state index in [0.717, 1.165) is 36.2 Å². The van der Waals surface area contributed by atoms with Crippen molar-refractivity contribution in [2.45, 2.75) is 26.0 Å². The summed E-state index contributed by atoms with van der Waals surface area (Å²) in [5, 5.41) is 0. The van der Waals surface area contributed by atoms with Crippen LogP contribution in [0.25, 0.3) is 0 Å². The Morgan fingerprint density at radius 2 is 2.35 bits per heavy atom. The first-order valence-corrected chi connectivity index (χ1v) is 6.85. The van der Waals surface area contributed by atoms with Gasteiger partial charge in [-0.15, -0.1) is 0 Å². The van der Waals surface area contributed by atoms with Gasteiger partial charge < -0.3 is 15.4 Å². The number of ether oxygens (including phenoxy) is 1. The predicted octanol–water partition coefficient (Wildman–Crippen LogP) is 2.52. The van der Waals surface area contributed by atoms with Gasteiger partial charge in [-0.1, -0.05) is 22.0 Å². The molecule has 1 aromatic carbocycles. The minimum Gasteiger partial charge on any atom is -0.377 e. The van der Waals surface area contributed by atoms with Gasteiger partial charge in [0, 0.05) is 36.4 Å². The zero-order chi connectivity index (χ0) is 12.3. The Hall–Kier alpha value is -0.580. The van der Waals surface area contributed by atoms with Crippen LogP contribution in [0.15, 0.2) is 22.7 Å². The third kappa shape index (κ3) is 3.21. The fourth-order valence-electron chi connectivity index (χ4n) is 2.13. The summed E-state index contributed by atoms with van der Waals surface area (Å²) in [6.45, 7) is 5.56. The monoisotopic (exact) mass is 298 g/mol. The fraction of sp³-hybridized carbons (Fsp3) is 0.538. The van der Waals surface area contributed by atoms with Crippen LogP contribution >= 0.6 is 15.9 Å². The number of halogens is 1. The van der Waals surface area contributed by atoms with Crippen molar-refractivity contribution in [3.8, 4) is 0 Å². The number of anilines is 1. The molecular formula is C13H19BrN2O. The molecule has 17 heavy (non-hydrogen) atoms. The third-order valence-corrected chi connectivity index (χ3v) is 3.81. The van der Waals surface area contributed by atoms with Crippen molar-refractivity contribution in [1.29, 1.82) is 0 Å². The molecule has 0 bridgehead atoms. The molecule has 0 radical (unpaired) electrons. The van der Waals surface area contributed by atoms with Gasteiger partial charge in [0.1, 0.15) is 0 Å². The van der Waals surface area contributed by atoms with Crippen LogP contribution < -0.4 is 10.6 Å². The van der Waals surface area contributed by atoms with E-state index in [1.165, 1.54) is 5.69 Å². The predicted molar refractivity (Wildman–Crippen MR) is 74.3 cm³/mol. The second kappa shape index (κ2) is 5.85. The average molecular weight is 299 g/mol. The molecule has 0 aliphatic carbocycles. The summed E-state index contributed by atoms with van der Waals surface area (Å²) in [5.74, 6) is 0. The minimum atomic E-state index is 0.297. The van der Waals surface area contributed by atoms with Crippen molar-refractivity contribution < 1.29 is 4.74 Å². The summed E-state index contributed by atoms with van der Waals surface area (Å²) >= 11 is 3.57. The number of hydrogen-bond acceptors (Lipinski definition) is 3. The van der Waals surface area contributed by atoms with Crippen molar-refractivity contribution in [1.82, 2.24) is 0 Å². The topological polar surface area (TPSA) is 38.5 Å². The molecule has 0 spiro atoms. The van der Waals surface area contributed by atoms with Crippen molar-refractivity contribution in [2.24, 2.45) is 5.73 Å². The van der Waals surface area contributed by atoms with Crippen molar-refractivity contribution >= 4 is 21.6 Å². The van der Waals surface area contributed by atoms with Crippen LogP contribution in [-0.2, 0) is 11.3 Å². The molecule has 0 aromatic heterocycles. The summed E-state index contributed by atoms with van der Waals surface area (Å²) in [6.07, 6.45) is 1.38. The Morgan fingerprint density at radius 1 is 1.53 bits per heavy atom. The Bertz CT molecular complexity index is 384. The lowest BCUT2D eigenvalue weighted by atomic mass is 10.2. The maximum Gasteiger partial charge on any atom is 0.0721 e. The van der Waals surface area contributed by atoms with Crippen LogP contribution in [0.3, 0.4) is 0 Å². The molecule has 94 valence electrons. The largest absolute Gasteiger partial charge is 0.377 e. The number of hydrogen-bond donors (Lipinski definition) is 1. The summed E-state index contributed by atoms with van der Waals surface area (Å²) in [7, 11) is 0. The maximum absolute atomic E-state index is 5.66. The highest BCUT2D eigenvalue weighted by molar-refractivity contribution is 9.10. The minimum absolute atomic E-state index is 0.297. The fourth-order valence-corrected chi connectivity index (χ4v) is 2.66. The van der Waals surface area contributed by atoms with Gasteiger partial charge in [0.25, 0.3) is 0 Å². The van der Waals surface area contributed by atoms with E-state index in [2.05, 4.69) is 46.0 Å². The zero-order valence-electron chi connectivity index (χ0n) is 10.2. The number of benzene rings is 1. The molecule has 1 aromatic rings. The number of nitrogens with zero attached hydrogens (tertiary/aromatic N) is 1. The molecule has 1 aliphatic heterocycles. The highest BCUT2D eigenvalue weighted by Crippen LogP contribution is 2.25. The van der Waals surface area contributed by atoms with E-state index < -0.39 is 0 Å². The Kier molecular flexibility index (Phi) is 4.42. The summed E-state index contributed by atoms with van der Waals surface area (Å²) in [6, 6.07) is 6.39. The second-order valence-electron chi connectivity index (χ2n) is 4.46. The van der Waals surface area contributed by atoms with Gasteiger partial charge in [-0.2, -0.15) is 0 Å². The normalized spacial score (nSPS) is 21.4. The molecule has 3 nitrogen and oxygen atoms in total. The molecule has 1 heterocycles. The molecule has 0 saturated carbocycles. The smallest absolute Gasteiger partial charge is 0.0721 e. The maximum atomic E-state index is 5.66. The van der Waals surface area contributed by atoms with Crippen LogP contribution in [0, 0.1) is 0 Å². The highest BCUT2D eigenvalue weighted by Gasteiger charge is 2.15. The quantitative estimate of drug-likeness (QED) is 0.912. The van der Waals surface area contributed by atoms with Gasteiger partial charge in [0.2, 0.25) is 0 Å². The van der Waals surface area contributed by atoms with E-state index in [4.69, 9.17) is 10.5 Å². The molecule has 2 rings (SSSR count). The Balaban J connectivity index is 2.17. The molecule has 0 amide bonds.